The van der Waals surface area contributed by atoms with Crippen molar-refractivity contribution in [1.29, 1.82) is 0 Å². The number of aromatic nitrogens is 1. The van der Waals surface area contributed by atoms with Crippen molar-refractivity contribution in [1.82, 2.24) is 15.4 Å². The minimum atomic E-state index is -0.784. The van der Waals surface area contributed by atoms with E-state index < -0.39 is 17.8 Å². The highest BCUT2D eigenvalue weighted by Crippen LogP contribution is 2.39. The Morgan fingerprint density at radius 3 is 2.56 bits per heavy atom. The molecule has 0 spiro atoms. The summed E-state index contributed by atoms with van der Waals surface area (Å²) in [5.41, 5.74) is 0. The van der Waals surface area contributed by atoms with Crippen LogP contribution in [0.4, 0.5) is 0 Å². The van der Waals surface area contributed by atoms with Crippen LogP contribution in [0.2, 0.25) is 0 Å². The molecular formula is C17H21N3O5S2. The van der Waals surface area contributed by atoms with Crippen LogP contribution < -0.4 is 5.32 Å². The first-order valence-electron chi connectivity index (χ1n) is 8.37. The number of nitrogens with zero attached hydrogens (tertiary/aromatic N) is 2. The second-order valence-electron chi connectivity index (χ2n) is 6.42. The third-order valence-corrected chi connectivity index (χ3v) is 6.66. The summed E-state index contributed by atoms with van der Waals surface area (Å²) < 4.78 is -0.243. The quantitative estimate of drug-likeness (QED) is 0.486. The fraction of sp³-hybridized carbons (Fsp3) is 0.471. The Bertz CT molecular complexity index is 696. The first-order chi connectivity index (χ1) is 12.8. The number of hydrogen-bond donors (Lipinski definition) is 1. The molecule has 0 saturated carbocycles. The molecule has 1 aliphatic rings. The average molecular weight is 412 g/mol. The number of rotatable bonds is 9. The summed E-state index contributed by atoms with van der Waals surface area (Å²) in [5.74, 6) is -2.17. The molecule has 2 rings (SSSR count). The largest absolute Gasteiger partial charge is 0.355 e. The van der Waals surface area contributed by atoms with Gasteiger partial charge in [0.15, 0.2) is 0 Å². The number of carbonyl (C=O) groups excluding carboxylic acids is 4. The van der Waals surface area contributed by atoms with Crippen LogP contribution >= 0.6 is 21.6 Å². The molecule has 0 bridgehead atoms. The van der Waals surface area contributed by atoms with Gasteiger partial charge in [0.1, 0.15) is 5.03 Å². The Kier molecular flexibility index (Phi) is 7.66. The highest BCUT2D eigenvalue weighted by Gasteiger charge is 2.32. The van der Waals surface area contributed by atoms with E-state index in [0.717, 1.165) is 5.03 Å². The molecule has 27 heavy (non-hydrogen) atoms. The number of amides is 3. The van der Waals surface area contributed by atoms with Crippen LogP contribution in [-0.4, -0.2) is 45.0 Å². The van der Waals surface area contributed by atoms with E-state index in [-0.39, 0.29) is 36.3 Å². The van der Waals surface area contributed by atoms with Crippen molar-refractivity contribution < 1.29 is 24.0 Å². The smallest absolute Gasteiger partial charge is 0.333 e. The minimum absolute atomic E-state index is 0.0376. The van der Waals surface area contributed by atoms with Gasteiger partial charge >= 0.3 is 5.97 Å². The van der Waals surface area contributed by atoms with Gasteiger partial charge in [-0.05, 0) is 36.8 Å². The first kappa shape index (κ1) is 21.2. The molecular weight excluding hydrogens is 390 g/mol. The molecule has 146 valence electrons. The summed E-state index contributed by atoms with van der Waals surface area (Å²) in [5, 5.41) is 4.14. The topological polar surface area (TPSA) is 106 Å². The van der Waals surface area contributed by atoms with Crippen molar-refractivity contribution in [3.8, 4) is 0 Å². The van der Waals surface area contributed by atoms with Crippen LogP contribution in [-0.2, 0) is 24.0 Å². The Morgan fingerprint density at radius 2 is 1.93 bits per heavy atom. The van der Waals surface area contributed by atoms with Crippen molar-refractivity contribution >= 4 is 45.3 Å². The predicted molar refractivity (Wildman–Crippen MR) is 101 cm³/mol. The molecule has 1 aliphatic heterocycles. The molecule has 1 N–H and O–H groups in total. The molecule has 0 atom stereocenters. The molecule has 1 aromatic heterocycles. The third-order valence-electron chi connectivity index (χ3n) is 3.46. The van der Waals surface area contributed by atoms with Gasteiger partial charge in [0.05, 0.1) is 6.42 Å². The molecule has 0 unspecified atom stereocenters. The zero-order valence-corrected chi connectivity index (χ0v) is 16.7. The summed E-state index contributed by atoms with van der Waals surface area (Å²) in [7, 11) is 3.11. The van der Waals surface area contributed by atoms with Gasteiger partial charge in [-0.15, -0.1) is 5.06 Å². The van der Waals surface area contributed by atoms with E-state index in [9.17, 15) is 19.2 Å². The van der Waals surface area contributed by atoms with Gasteiger partial charge in [0.25, 0.3) is 11.8 Å². The van der Waals surface area contributed by atoms with Gasteiger partial charge < -0.3 is 10.2 Å². The molecule has 0 aromatic carbocycles. The van der Waals surface area contributed by atoms with Gasteiger partial charge in [-0.2, -0.15) is 0 Å². The molecule has 3 amide bonds. The molecule has 10 heteroatoms. The molecule has 1 aromatic rings. The summed E-state index contributed by atoms with van der Waals surface area (Å²) in [4.78, 5) is 55.3. The van der Waals surface area contributed by atoms with Crippen LogP contribution in [0, 0.1) is 0 Å². The zero-order valence-electron chi connectivity index (χ0n) is 15.1. The van der Waals surface area contributed by atoms with E-state index in [4.69, 9.17) is 4.84 Å². The Balaban J connectivity index is 1.66. The van der Waals surface area contributed by atoms with Gasteiger partial charge in [-0.1, -0.05) is 16.9 Å². The van der Waals surface area contributed by atoms with Crippen molar-refractivity contribution in [2.75, 3.05) is 6.54 Å². The maximum Gasteiger partial charge on any atom is 0.333 e. The van der Waals surface area contributed by atoms with E-state index in [1.807, 2.05) is 32.0 Å². The number of carbonyl (C=O) groups is 4. The third kappa shape index (κ3) is 7.22. The maximum atomic E-state index is 11.9. The lowest BCUT2D eigenvalue weighted by molar-refractivity contribution is -0.197. The number of hydroxylamine groups is 2. The molecule has 1 saturated heterocycles. The van der Waals surface area contributed by atoms with Crippen LogP contribution in [0.5, 0.6) is 0 Å². The van der Waals surface area contributed by atoms with E-state index in [0.29, 0.717) is 11.6 Å². The fourth-order valence-corrected chi connectivity index (χ4v) is 4.09. The van der Waals surface area contributed by atoms with Crippen molar-refractivity contribution in [2.24, 2.45) is 0 Å². The molecule has 2 heterocycles. The van der Waals surface area contributed by atoms with Crippen LogP contribution in [0.15, 0.2) is 29.4 Å². The second-order valence-corrected chi connectivity index (χ2v) is 9.27. The number of hydrogen-bond acceptors (Lipinski definition) is 8. The van der Waals surface area contributed by atoms with Crippen molar-refractivity contribution in [3.63, 3.8) is 0 Å². The average Bonchev–Trinajstić information content (AvgIpc) is 2.96. The first-order valence-corrected chi connectivity index (χ1v) is 10.5. The lowest BCUT2D eigenvalue weighted by atomic mass is 10.2. The number of imide groups is 1. The lowest BCUT2D eigenvalue weighted by Crippen LogP contribution is -2.36. The van der Waals surface area contributed by atoms with Gasteiger partial charge in [0, 0.05) is 36.8 Å². The predicted octanol–water partition coefficient (Wildman–Crippen LogP) is 2.10. The highest BCUT2D eigenvalue weighted by molar-refractivity contribution is 8.77. The van der Waals surface area contributed by atoms with Crippen molar-refractivity contribution in [2.45, 2.75) is 49.3 Å². The van der Waals surface area contributed by atoms with E-state index in [1.54, 1.807) is 17.0 Å². The Labute approximate surface area is 165 Å². The summed E-state index contributed by atoms with van der Waals surface area (Å²) in [6.45, 7) is 4.40. The maximum absolute atomic E-state index is 11.9. The van der Waals surface area contributed by atoms with E-state index in [1.165, 1.54) is 10.8 Å². The normalized spacial score (nSPS) is 14.4. The van der Waals surface area contributed by atoms with Crippen LogP contribution in [0.1, 0.15) is 39.5 Å². The summed E-state index contributed by atoms with van der Waals surface area (Å²) in [6.07, 6.45) is 1.51. The second kappa shape index (κ2) is 9.75. The van der Waals surface area contributed by atoms with Crippen molar-refractivity contribution in [3.05, 3.63) is 24.4 Å². The minimum Gasteiger partial charge on any atom is -0.355 e. The highest BCUT2D eigenvalue weighted by atomic mass is 33.1. The monoisotopic (exact) mass is 411 g/mol. The standard InChI is InChI=1S/C17H21N3O5S2/c1-17(2,27-26-13-5-3-4-10-18-13)11-19-12(21)6-9-16(24)25-20-14(22)7-8-15(20)23/h3-5,10H,6-9,11H2,1-2H3,(H,19,21). The lowest BCUT2D eigenvalue weighted by Gasteiger charge is -2.23. The van der Waals surface area contributed by atoms with Crippen LogP contribution in [0.25, 0.3) is 0 Å². The van der Waals surface area contributed by atoms with Gasteiger partial charge in [0.2, 0.25) is 5.91 Å². The van der Waals surface area contributed by atoms with Gasteiger partial charge in [-0.3, -0.25) is 14.4 Å². The summed E-state index contributed by atoms with van der Waals surface area (Å²) in [6, 6.07) is 5.67. The molecule has 0 radical (unpaired) electrons. The molecule has 1 fully saturated rings. The van der Waals surface area contributed by atoms with E-state index >= 15 is 0 Å². The molecule has 0 aliphatic carbocycles. The summed E-state index contributed by atoms with van der Waals surface area (Å²) >= 11 is 0. The fourth-order valence-electron chi connectivity index (χ4n) is 2.00. The molecule has 8 nitrogen and oxygen atoms in total. The zero-order chi connectivity index (χ0) is 19.9. The SMILES string of the molecule is CC(C)(CNC(=O)CCC(=O)ON1C(=O)CCC1=O)SSc1ccccn1. The Morgan fingerprint density at radius 1 is 1.22 bits per heavy atom. The van der Waals surface area contributed by atoms with Gasteiger partial charge in [-0.25, -0.2) is 9.78 Å². The van der Waals surface area contributed by atoms with E-state index in [2.05, 4.69) is 10.3 Å². The number of nitrogens with one attached hydrogen (secondary N) is 1. The Hall–Kier alpha value is -2.07. The number of pyridine rings is 1. The van der Waals surface area contributed by atoms with Crippen LogP contribution in [0.3, 0.4) is 0 Å².